The average molecular weight is 562 g/mol. The highest BCUT2D eigenvalue weighted by molar-refractivity contribution is 14.0. The maximum Gasteiger partial charge on any atom is 0.251 e. The number of nitrogens with one attached hydrogen (secondary N) is 3. The summed E-state index contributed by atoms with van der Waals surface area (Å²) in [6.07, 6.45) is 4.63. The van der Waals surface area contributed by atoms with Gasteiger partial charge in [0.15, 0.2) is 5.96 Å². The van der Waals surface area contributed by atoms with Gasteiger partial charge in [-0.15, -0.1) is 24.0 Å². The molecule has 0 spiro atoms. The van der Waals surface area contributed by atoms with Crippen molar-refractivity contribution in [3.8, 4) is 0 Å². The van der Waals surface area contributed by atoms with Gasteiger partial charge < -0.3 is 20.7 Å². The second-order valence-corrected chi connectivity index (χ2v) is 8.74. The molecule has 0 bridgehead atoms. The third kappa shape index (κ3) is 7.17. The lowest BCUT2D eigenvalue weighted by atomic mass is 9.96. The largest absolute Gasteiger partial charge is 0.376 e. The molecule has 1 atom stereocenters. The molecule has 1 aliphatic carbocycles. The number of guanidine groups is 1. The Hall–Kier alpha value is -2.13. The van der Waals surface area contributed by atoms with Gasteiger partial charge in [-0.3, -0.25) is 4.79 Å². The van der Waals surface area contributed by atoms with E-state index in [4.69, 9.17) is 9.73 Å². The van der Waals surface area contributed by atoms with Gasteiger partial charge in [-0.05, 0) is 55.9 Å². The first-order valence-corrected chi connectivity index (χ1v) is 11.7. The molecule has 6 nitrogen and oxygen atoms in total. The molecule has 0 aromatic heterocycles. The molecule has 1 aliphatic heterocycles. The van der Waals surface area contributed by atoms with Gasteiger partial charge in [-0.25, -0.2) is 4.99 Å². The lowest BCUT2D eigenvalue weighted by molar-refractivity contribution is 0.0857. The number of hydrogen-bond acceptors (Lipinski definition) is 3. The Morgan fingerprint density at radius 1 is 1.09 bits per heavy atom. The predicted octanol–water partition coefficient (Wildman–Crippen LogP) is 4.00. The SMILES string of the molecule is CCNC(=NCc1cccc(C(=O)NCC2CCCO2)c1)NCC1(c2ccccc2)CC1.I. The second-order valence-electron chi connectivity index (χ2n) is 8.74. The first kappa shape index (κ1) is 25.5. The number of carbonyl (C=O) groups excluding carboxylic acids is 1. The van der Waals surface area contributed by atoms with E-state index in [0.717, 1.165) is 44.1 Å². The molecule has 2 aliphatic rings. The molecule has 2 fully saturated rings. The number of benzene rings is 2. The van der Waals surface area contributed by atoms with Gasteiger partial charge in [0.05, 0.1) is 12.6 Å². The summed E-state index contributed by atoms with van der Waals surface area (Å²) < 4.78 is 5.58. The van der Waals surface area contributed by atoms with Crippen LogP contribution in [0.3, 0.4) is 0 Å². The van der Waals surface area contributed by atoms with Crippen molar-refractivity contribution in [3.63, 3.8) is 0 Å². The van der Waals surface area contributed by atoms with Crippen LogP contribution in [0.25, 0.3) is 0 Å². The van der Waals surface area contributed by atoms with Gasteiger partial charge in [0.25, 0.3) is 5.91 Å². The van der Waals surface area contributed by atoms with Crippen LogP contribution >= 0.6 is 24.0 Å². The van der Waals surface area contributed by atoms with Gasteiger partial charge in [-0.1, -0.05) is 42.5 Å². The number of halogens is 1. The van der Waals surface area contributed by atoms with Crippen molar-refractivity contribution in [1.82, 2.24) is 16.0 Å². The van der Waals surface area contributed by atoms with E-state index in [-0.39, 0.29) is 41.4 Å². The number of hydrogen-bond donors (Lipinski definition) is 3. The summed E-state index contributed by atoms with van der Waals surface area (Å²) in [6, 6.07) is 18.4. The molecular formula is C26H35IN4O2. The third-order valence-corrected chi connectivity index (χ3v) is 6.30. The molecule has 1 saturated carbocycles. The Balaban J connectivity index is 0.00000306. The van der Waals surface area contributed by atoms with Crippen molar-refractivity contribution in [2.45, 2.75) is 50.7 Å². The quantitative estimate of drug-likeness (QED) is 0.246. The number of aliphatic imine (C=N–C) groups is 1. The molecule has 3 N–H and O–H groups in total. The zero-order chi connectivity index (χ0) is 22.2. The fourth-order valence-electron chi connectivity index (χ4n) is 4.20. The minimum absolute atomic E-state index is 0. The monoisotopic (exact) mass is 562 g/mol. The van der Waals surface area contributed by atoms with E-state index in [1.807, 2.05) is 24.3 Å². The van der Waals surface area contributed by atoms with Crippen LogP contribution in [0.2, 0.25) is 0 Å². The molecule has 2 aromatic rings. The molecule has 33 heavy (non-hydrogen) atoms. The third-order valence-electron chi connectivity index (χ3n) is 6.30. The highest BCUT2D eigenvalue weighted by Gasteiger charge is 2.44. The Bertz CT molecular complexity index is 925. The van der Waals surface area contributed by atoms with Crippen molar-refractivity contribution in [2.75, 3.05) is 26.2 Å². The summed E-state index contributed by atoms with van der Waals surface area (Å²) in [4.78, 5) is 17.3. The molecular weight excluding hydrogens is 527 g/mol. The predicted molar refractivity (Wildman–Crippen MR) is 143 cm³/mol. The molecule has 178 valence electrons. The Kier molecular flexibility index (Phi) is 9.55. The number of nitrogens with zero attached hydrogens (tertiary/aromatic N) is 1. The van der Waals surface area contributed by atoms with Crippen molar-refractivity contribution in [3.05, 3.63) is 71.3 Å². The van der Waals surface area contributed by atoms with Gasteiger partial charge in [0.2, 0.25) is 0 Å². The number of carbonyl (C=O) groups is 1. The van der Waals surface area contributed by atoms with Crippen LogP contribution in [0.15, 0.2) is 59.6 Å². The first-order chi connectivity index (χ1) is 15.7. The van der Waals surface area contributed by atoms with Crippen molar-refractivity contribution >= 4 is 35.8 Å². The summed E-state index contributed by atoms with van der Waals surface area (Å²) in [5.74, 6) is 0.748. The van der Waals surface area contributed by atoms with Crippen LogP contribution in [-0.2, 0) is 16.7 Å². The van der Waals surface area contributed by atoms with E-state index in [0.29, 0.717) is 18.7 Å². The lowest BCUT2D eigenvalue weighted by Crippen LogP contribution is -2.41. The molecule has 1 heterocycles. The van der Waals surface area contributed by atoms with Gasteiger partial charge in [-0.2, -0.15) is 0 Å². The smallest absolute Gasteiger partial charge is 0.251 e. The van der Waals surface area contributed by atoms with Crippen LogP contribution in [0.4, 0.5) is 0 Å². The molecule has 2 aromatic carbocycles. The molecule has 4 rings (SSSR count). The number of rotatable bonds is 9. The van der Waals surface area contributed by atoms with Gasteiger partial charge >= 0.3 is 0 Å². The standard InChI is InChI=1S/C26H34N4O2.HI/c1-2-27-25(30-19-26(13-14-26)22-10-4-3-5-11-22)29-17-20-8-6-9-21(16-20)24(31)28-18-23-12-7-15-32-23;/h3-6,8-11,16,23H,2,7,12-15,17-19H2,1H3,(H,28,31)(H2,27,29,30);1H. The summed E-state index contributed by atoms with van der Waals surface area (Å²) in [5.41, 5.74) is 3.29. The Labute approximate surface area is 214 Å². The van der Waals surface area contributed by atoms with Crippen LogP contribution in [0, 0.1) is 0 Å². The molecule has 7 heteroatoms. The van der Waals surface area contributed by atoms with Gasteiger partial charge in [0.1, 0.15) is 0 Å². The normalized spacial score (nSPS) is 18.8. The van der Waals surface area contributed by atoms with Crippen molar-refractivity contribution < 1.29 is 9.53 Å². The zero-order valence-electron chi connectivity index (χ0n) is 19.3. The zero-order valence-corrected chi connectivity index (χ0v) is 21.6. The molecule has 1 unspecified atom stereocenters. The van der Waals surface area contributed by atoms with E-state index >= 15 is 0 Å². The van der Waals surface area contributed by atoms with Gasteiger partial charge in [0, 0.05) is 37.2 Å². The minimum Gasteiger partial charge on any atom is -0.376 e. The summed E-state index contributed by atoms with van der Waals surface area (Å²) in [7, 11) is 0. The number of amides is 1. The van der Waals surface area contributed by atoms with E-state index in [9.17, 15) is 4.79 Å². The molecule has 1 amide bonds. The van der Waals surface area contributed by atoms with E-state index < -0.39 is 0 Å². The summed E-state index contributed by atoms with van der Waals surface area (Å²) in [5, 5.41) is 9.85. The maximum absolute atomic E-state index is 12.5. The fraction of sp³-hybridized carbons (Fsp3) is 0.462. The molecule has 0 radical (unpaired) electrons. The Morgan fingerprint density at radius 3 is 2.61 bits per heavy atom. The number of ether oxygens (including phenoxy) is 1. The maximum atomic E-state index is 12.5. The second kappa shape index (κ2) is 12.4. The van der Waals surface area contributed by atoms with E-state index in [1.165, 1.54) is 18.4 Å². The van der Waals surface area contributed by atoms with Crippen LogP contribution in [0.1, 0.15) is 54.1 Å². The molecule has 1 saturated heterocycles. The minimum atomic E-state index is -0.0603. The lowest BCUT2D eigenvalue weighted by Gasteiger charge is -2.19. The van der Waals surface area contributed by atoms with Crippen LogP contribution in [-0.4, -0.2) is 44.2 Å². The summed E-state index contributed by atoms with van der Waals surface area (Å²) in [6.45, 7) is 5.62. The van der Waals surface area contributed by atoms with Crippen LogP contribution < -0.4 is 16.0 Å². The van der Waals surface area contributed by atoms with Crippen LogP contribution in [0.5, 0.6) is 0 Å². The van der Waals surface area contributed by atoms with Crippen molar-refractivity contribution in [2.24, 2.45) is 4.99 Å². The van der Waals surface area contributed by atoms with E-state index in [1.54, 1.807) is 0 Å². The topological polar surface area (TPSA) is 74.8 Å². The Morgan fingerprint density at radius 2 is 1.91 bits per heavy atom. The van der Waals surface area contributed by atoms with Crippen molar-refractivity contribution in [1.29, 1.82) is 0 Å². The highest BCUT2D eigenvalue weighted by Crippen LogP contribution is 2.47. The first-order valence-electron chi connectivity index (χ1n) is 11.7. The fourth-order valence-corrected chi connectivity index (χ4v) is 4.20. The average Bonchev–Trinajstić information content (AvgIpc) is 3.45. The highest BCUT2D eigenvalue weighted by atomic mass is 127. The summed E-state index contributed by atoms with van der Waals surface area (Å²) >= 11 is 0. The van der Waals surface area contributed by atoms with E-state index in [2.05, 4.69) is 53.2 Å².